The van der Waals surface area contributed by atoms with E-state index in [9.17, 15) is 19.2 Å². The zero-order valence-electron chi connectivity index (χ0n) is 14.5. The molecule has 27 heavy (non-hydrogen) atoms. The fourth-order valence-electron chi connectivity index (χ4n) is 3.21. The lowest BCUT2D eigenvalue weighted by Gasteiger charge is -2.20. The number of nitrogens with zero attached hydrogens (tertiary/aromatic N) is 4. The van der Waals surface area contributed by atoms with Gasteiger partial charge in [0, 0.05) is 0 Å². The van der Waals surface area contributed by atoms with E-state index in [-0.39, 0.29) is 5.92 Å². The van der Waals surface area contributed by atoms with Crippen molar-refractivity contribution in [2.24, 2.45) is 5.92 Å². The number of urea groups is 1. The highest BCUT2D eigenvalue weighted by Gasteiger charge is 2.56. The summed E-state index contributed by atoms with van der Waals surface area (Å²) >= 11 is 0. The van der Waals surface area contributed by atoms with Gasteiger partial charge in [0.05, 0.1) is 5.39 Å². The Morgan fingerprint density at radius 3 is 2.78 bits per heavy atom. The number of nitrogens with one attached hydrogen (secondary N) is 1. The minimum Gasteiger partial charge on any atom is -0.441 e. The monoisotopic (exact) mass is 371 g/mol. The molecule has 140 valence electrons. The second-order valence-electron chi connectivity index (χ2n) is 6.85. The summed E-state index contributed by atoms with van der Waals surface area (Å²) < 4.78 is 5.91. The molecular weight excluding hydrogens is 354 g/mol. The third-order valence-electron chi connectivity index (χ3n) is 4.96. The van der Waals surface area contributed by atoms with Crippen LogP contribution in [-0.4, -0.2) is 49.9 Å². The first kappa shape index (κ1) is 17.1. The predicted octanol–water partition coefficient (Wildman–Crippen LogP) is 0.0127. The Labute approximate surface area is 153 Å². The standard InChI is InChI=1S/C17H17N5O5/c1-17(10-6-7-10)15(25)21(16(26)18-17)8-13(23)27-9-22-14(24)11-4-2-3-5-12(11)19-20-22/h2-5,10H,6-9H2,1H3,(H,18,26)/t17-/m0/s1. The molecule has 1 aromatic heterocycles. The summed E-state index contributed by atoms with van der Waals surface area (Å²) in [6.45, 7) is 0.683. The van der Waals surface area contributed by atoms with Crippen molar-refractivity contribution in [1.29, 1.82) is 0 Å². The Hall–Kier alpha value is -3.30. The first-order valence-electron chi connectivity index (χ1n) is 8.52. The van der Waals surface area contributed by atoms with Crippen LogP contribution >= 0.6 is 0 Å². The molecule has 1 aliphatic heterocycles. The summed E-state index contributed by atoms with van der Waals surface area (Å²) in [7, 11) is 0. The van der Waals surface area contributed by atoms with Gasteiger partial charge in [-0.1, -0.05) is 17.3 Å². The molecule has 2 heterocycles. The molecule has 10 heteroatoms. The Kier molecular flexibility index (Phi) is 3.90. The second kappa shape index (κ2) is 6.15. The summed E-state index contributed by atoms with van der Waals surface area (Å²) in [5.41, 5.74) is -0.980. The molecule has 0 radical (unpaired) electrons. The molecule has 1 N–H and O–H groups in total. The third kappa shape index (κ3) is 2.92. The molecule has 10 nitrogen and oxygen atoms in total. The third-order valence-corrected chi connectivity index (χ3v) is 4.96. The lowest BCUT2D eigenvalue weighted by atomic mass is 9.96. The van der Waals surface area contributed by atoms with E-state index in [1.54, 1.807) is 31.2 Å². The minimum atomic E-state index is -0.960. The van der Waals surface area contributed by atoms with Crippen molar-refractivity contribution in [2.45, 2.75) is 32.0 Å². The fraction of sp³-hybridized carbons (Fsp3) is 0.412. The highest BCUT2D eigenvalue weighted by molar-refractivity contribution is 6.08. The predicted molar refractivity (Wildman–Crippen MR) is 91.3 cm³/mol. The summed E-state index contributed by atoms with van der Waals surface area (Å²) in [6, 6.07) is 6.05. The number of ether oxygens (including phenoxy) is 1. The summed E-state index contributed by atoms with van der Waals surface area (Å²) in [6.07, 6.45) is 1.73. The molecule has 1 saturated carbocycles. The zero-order chi connectivity index (χ0) is 19.2. The SMILES string of the molecule is C[C@@]1(C2CC2)NC(=O)N(CC(=O)OCn2nnc3ccccc3c2=O)C1=O. The Bertz CT molecular complexity index is 1010. The van der Waals surface area contributed by atoms with Crippen LogP contribution in [0.4, 0.5) is 4.79 Å². The van der Waals surface area contributed by atoms with Gasteiger partial charge < -0.3 is 10.1 Å². The van der Waals surface area contributed by atoms with Crippen LogP contribution in [0.1, 0.15) is 19.8 Å². The summed E-state index contributed by atoms with van der Waals surface area (Å²) in [5, 5.41) is 10.6. The molecule has 2 aliphatic rings. The lowest BCUT2D eigenvalue weighted by Crippen LogP contribution is -2.46. The summed E-state index contributed by atoms with van der Waals surface area (Å²) in [4.78, 5) is 49.8. The second-order valence-corrected chi connectivity index (χ2v) is 6.85. The van der Waals surface area contributed by atoms with Crippen LogP contribution in [0.15, 0.2) is 29.1 Å². The van der Waals surface area contributed by atoms with Crippen molar-refractivity contribution in [1.82, 2.24) is 25.2 Å². The molecule has 3 amide bonds. The average Bonchev–Trinajstić information content (AvgIpc) is 3.48. The number of carbonyl (C=O) groups excluding carboxylic acids is 3. The molecule has 1 aromatic carbocycles. The topological polar surface area (TPSA) is 123 Å². The van der Waals surface area contributed by atoms with Crippen molar-refractivity contribution >= 4 is 28.8 Å². The van der Waals surface area contributed by atoms with E-state index in [0.29, 0.717) is 10.9 Å². The van der Waals surface area contributed by atoms with Crippen LogP contribution in [0.5, 0.6) is 0 Å². The number of benzene rings is 1. The van der Waals surface area contributed by atoms with Crippen LogP contribution in [-0.2, 0) is 21.1 Å². The number of fused-ring (bicyclic) bond motifs is 1. The van der Waals surface area contributed by atoms with Gasteiger partial charge in [-0.3, -0.25) is 19.3 Å². The molecule has 1 atom stereocenters. The number of esters is 1. The number of aromatic nitrogens is 3. The van der Waals surface area contributed by atoms with E-state index in [1.807, 2.05) is 0 Å². The van der Waals surface area contributed by atoms with Gasteiger partial charge in [-0.05, 0) is 37.8 Å². The first-order chi connectivity index (χ1) is 12.9. The number of carbonyl (C=O) groups is 3. The molecule has 0 spiro atoms. The van der Waals surface area contributed by atoms with Crippen molar-refractivity contribution in [2.75, 3.05) is 6.54 Å². The minimum absolute atomic E-state index is 0.0985. The normalized spacial score (nSPS) is 22.2. The molecule has 1 aliphatic carbocycles. The van der Waals surface area contributed by atoms with Crippen LogP contribution in [0.3, 0.4) is 0 Å². The van der Waals surface area contributed by atoms with Crippen molar-refractivity contribution in [3.63, 3.8) is 0 Å². The van der Waals surface area contributed by atoms with Gasteiger partial charge >= 0.3 is 12.0 Å². The Balaban J connectivity index is 1.42. The van der Waals surface area contributed by atoms with Crippen molar-refractivity contribution < 1.29 is 19.1 Å². The Morgan fingerprint density at radius 1 is 1.30 bits per heavy atom. The summed E-state index contributed by atoms with van der Waals surface area (Å²) in [5.74, 6) is -1.16. The van der Waals surface area contributed by atoms with Crippen LogP contribution in [0, 0.1) is 5.92 Å². The first-order valence-corrected chi connectivity index (χ1v) is 8.52. The van der Waals surface area contributed by atoms with Gasteiger partial charge in [-0.15, -0.1) is 5.10 Å². The zero-order valence-corrected chi connectivity index (χ0v) is 14.5. The number of rotatable bonds is 5. The smallest absolute Gasteiger partial charge is 0.328 e. The number of hydrogen-bond acceptors (Lipinski definition) is 7. The van der Waals surface area contributed by atoms with Gasteiger partial charge in [-0.2, -0.15) is 4.68 Å². The maximum absolute atomic E-state index is 12.5. The van der Waals surface area contributed by atoms with E-state index in [4.69, 9.17) is 4.74 Å². The van der Waals surface area contributed by atoms with Crippen LogP contribution in [0.25, 0.3) is 10.9 Å². The van der Waals surface area contributed by atoms with E-state index in [1.165, 1.54) is 0 Å². The quantitative estimate of drug-likeness (QED) is 0.580. The number of hydrogen-bond donors (Lipinski definition) is 1. The Morgan fingerprint density at radius 2 is 2.04 bits per heavy atom. The molecule has 1 saturated heterocycles. The molecule has 0 bridgehead atoms. The van der Waals surface area contributed by atoms with E-state index in [2.05, 4.69) is 15.6 Å². The highest BCUT2D eigenvalue weighted by atomic mass is 16.5. The average molecular weight is 371 g/mol. The van der Waals surface area contributed by atoms with E-state index in [0.717, 1.165) is 22.4 Å². The largest absolute Gasteiger partial charge is 0.441 e. The lowest BCUT2D eigenvalue weighted by molar-refractivity contribution is -0.151. The highest BCUT2D eigenvalue weighted by Crippen LogP contribution is 2.42. The van der Waals surface area contributed by atoms with Gasteiger partial charge in [0.2, 0.25) is 0 Å². The van der Waals surface area contributed by atoms with Crippen molar-refractivity contribution in [3.8, 4) is 0 Å². The maximum Gasteiger partial charge on any atom is 0.328 e. The molecule has 0 unspecified atom stereocenters. The number of amides is 3. The van der Waals surface area contributed by atoms with Gasteiger partial charge in [0.25, 0.3) is 11.5 Å². The van der Waals surface area contributed by atoms with Gasteiger partial charge in [-0.25, -0.2) is 4.79 Å². The molecular formula is C17H17N5O5. The maximum atomic E-state index is 12.5. The molecule has 2 fully saturated rings. The molecule has 2 aromatic rings. The van der Waals surface area contributed by atoms with Crippen LogP contribution in [0.2, 0.25) is 0 Å². The fourth-order valence-corrected chi connectivity index (χ4v) is 3.21. The van der Waals surface area contributed by atoms with Gasteiger partial charge in [0.1, 0.15) is 17.6 Å². The van der Waals surface area contributed by atoms with Gasteiger partial charge in [0.15, 0.2) is 6.73 Å². The van der Waals surface area contributed by atoms with E-state index < -0.39 is 42.3 Å². The van der Waals surface area contributed by atoms with Crippen molar-refractivity contribution in [3.05, 3.63) is 34.6 Å². The van der Waals surface area contributed by atoms with Crippen LogP contribution < -0.4 is 10.9 Å². The van der Waals surface area contributed by atoms with E-state index >= 15 is 0 Å². The molecule has 4 rings (SSSR count). The number of imide groups is 1.